The minimum absolute atomic E-state index is 0.0414. The van der Waals surface area contributed by atoms with Gasteiger partial charge in [0.2, 0.25) is 5.78 Å². The van der Waals surface area contributed by atoms with Crippen molar-refractivity contribution >= 4 is 35.0 Å². The number of halogens is 4. The number of aryl methyl sites for hydroxylation is 4. The second-order valence-corrected chi connectivity index (χ2v) is 12.7. The van der Waals surface area contributed by atoms with Crippen molar-refractivity contribution in [3.05, 3.63) is 146 Å². The van der Waals surface area contributed by atoms with Crippen LogP contribution >= 0.6 is 23.2 Å². The van der Waals surface area contributed by atoms with Gasteiger partial charge in [-0.3, -0.25) is 33.9 Å². The minimum Gasteiger partial charge on any atom is -0.478 e. The van der Waals surface area contributed by atoms with Crippen molar-refractivity contribution in [2.75, 3.05) is 14.2 Å². The van der Waals surface area contributed by atoms with E-state index >= 15 is 0 Å². The van der Waals surface area contributed by atoms with Crippen molar-refractivity contribution in [3.63, 3.8) is 0 Å². The van der Waals surface area contributed by atoms with Crippen LogP contribution in [0.25, 0.3) is 0 Å². The molecule has 23 heteroatoms. The predicted molar refractivity (Wildman–Crippen MR) is 200 cm³/mol. The van der Waals surface area contributed by atoms with E-state index in [1.54, 1.807) is 7.05 Å². The Hall–Kier alpha value is -6.48. The highest BCUT2D eigenvalue weighted by molar-refractivity contribution is 6.33. The highest BCUT2D eigenvalue weighted by Crippen LogP contribution is 2.18. The van der Waals surface area contributed by atoms with E-state index in [1.807, 2.05) is 13.8 Å². The lowest BCUT2D eigenvalue weighted by Crippen LogP contribution is -2.29. The number of carboxylic acid groups (broad SMARTS) is 1. The van der Waals surface area contributed by atoms with E-state index in [4.69, 9.17) is 38.0 Å². The molecular formula is C34H36Cl2F2N10O9. The fourth-order valence-electron chi connectivity index (χ4n) is 5.27. The SMILES string of the molecule is CCc1nn(Cc2cc(F)cc(C(=O)O)c2)c(=O)n1OC.CCc1nn(Cc2cc(F)cc(C(=O)c3c(Cl)[nH]n(C)c3=O)c2)c(=O)n1OC.Cn1[nH]c(Cl)cc1=O. The van der Waals surface area contributed by atoms with Crippen LogP contribution in [-0.2, 0) is 40.0 Å². The second-order valence-electron chi connectivity index (χ2n) is 11.9. The van der Waals surface area contributed by atoms with Gasteiger partial charge in [-0.15, -0.1) is 9.46 Å². The molecule has 4 aromatic heterocycles. The van der Waals surface area contributed by atoms with Crippen LogP contribution in [0.4, 0.5) is 8.78 Å². The van der Waals surface area contributed by atoms with Gasteiger partial charge in [-0.05, 0) is 47.5 Å². The topological polar surface area (TPSA) is 228 Å². The average Bonchev–Trinajstić information content (AvgIpc) is 3.82. The zero-order chi connectivity index (χ0) is 42.3. The van der Waals surface area contributed by atoms with Crippen LogP contribution in [0.2, 0.25) is 10.3 Å². The maximum atomic E-state index is 14.1. The summed E-state index contributed by atoms with van der Waals surface area (Å²) in [6.45, 7) is 3.49. The maximum Gasteiger partial charge on any atom is 0.379 e. The Morgan fingerprint density at radius 3 is 1.54 bits per heavy atom. The molecule has 0 radical (unpaired) electrons. The summed E-state index contributed by atoms with van der Waals surface area (Å²) in [5.41, 5.74) is -1.65. The monoisotopic (exact) mass is 836 g/mol. The summed E-state index contributed by atoms with van der Waals surface area (Å²) < 4.78 is 34.2. The van der Waals surface area contributed by atoms with Crippen molar-refractivity contribution < 1.29 is 33.2 Å². The third-order valence-corrected chi connectivity index (χ3v) is 8.37. The number of rotatable bonds is 11. The maximum absolute atomic E-state index is 14.1. The van der Waals surface area contributed by atoms with Gasteiger partial charge in [0.15, 0.2) is 11.6 Å². The molecular weight excluding hydrogens is 801 g/mol. The van der Waals surface area contributed by atoms with E-state index in [2.05, 4.69) is 20.4 Å². The fraction of sp³-hybridized carbons (Fsp3) is 0.294. The molecule has 0 bridgehead atoms. The Morgan fingerprint density at radius 1 is 0.737 bits per heavy atom. The minimum atomic E-state index is -1.24. The van der Waals surface area contributed by atoms with Crippen LogP contribution in [0.5, 0.6) is 0 Å². The van der Waals surface area contributed by atoms with Gasteiger partial charge in [-0.2, -0.15) is 10.2 Å². The highest BCUT2D eigenvalue weighted by Gasteiger charge is 2.22. The molecule has 2 aromatic carbocycles. The quantitative estimate of drug-likeness (QED) is 0.159. The number of carbonyl (C=O) groups is 2. The van der Waals surface area contributed by atoms with Gasteiger partial charge in [0, 0.05) is 38.6 Å². The number of H-pyrrole nitrogens is 2. The summed E-state index contributed by atoms with van der Waals surface area (Å²) in [6.07, 6.45) is 0.942. The number of hydrogen-bond donors (Lipinski definition) is 3. The van der Waals surface area contributed by atoms with Crippen LogP contribution in [0.1, 0.15) is 62.9 Å². The highest BCUT2D eigenvalue weighted by atomic mass is 35.5. The summed E-state index contributed by atoms with van der Waals surface area (Å²) in [6, 6.07) is 8.27. The molecule has 4 heterocycles. The fourth-order valence-corrected chi connectivity index (χ4v) is 5.78. The van der Waals surface area contributed by atoms with Crippen LogP contribution in [0, 0.1) is 11.6 Å². The van der Waals surface area contributed by atoms with E-state index in [9.17, 15) is 37.5 Å². The van der Waals surface area contributed by atoms with Gasteiger partial charge in [0.25, 0.3) is 11.1 Å². The largest absolute Gasteiger partial charge is 0.478 e. The smallest absolute Gasteiger partial charge is 0.379 e. The lowest BCUT2D eigenvalue weighted by atomic mass is 10.0. The van der Waals surface area contributed by atoms with E-state index in [1.165, 1.54) is 50.2 Å². The molecule has 0 aliphatic heterocycles. The Kier molecular flexibility index (Phi) is 14.0. The van der Waals surface area contributed by atoms with Gasteiger partial charge in [-0.25, -0.2) is 32.5 Å². The van der Waals surface area contributed by atoms with Crippen molar-refractivity contribution in [2.45, 2.75) is 39.8 Å². The molecule has 6 rings (SSSR count). The third-order valence-electron chi connectivity index (χ3n) is 7.90. The number of nitrogens with one attached hydrogen (secondary N) is 2. The van der Waals surface area contributed by atoms with Gasteiger partial charge >= 0.3 is 17.3 Å². The van der Waals surface area contributed by atoms with E-state index < -0.39 is 40.3 Å². The molecule has 19 nitrogen and oxygen atoms in total. The predicted octanol–water partition coefficient (Wildman–Crippen LogP) is 1.68. The Labute approximate surface area is 329 Å². The molecule has 3 N–H and O–H groups in total. The summed E-state index contributed by atoms with van der Waals surface area (Å²) in [5.74, 6) is -2.50. The molecule has 6 aromatic rings. The first-order valence-electron chi connectivity index (χ1n) is 16.6. The molecule has 0 aliphatic rings. The summed E-state index contributed by atoms with van der Waals surface area (Å²) in [5, 5.41) is 22.4. The zero-order valence-electron chi connectivity index (χ0n) is 31.2. The Bertz CT molecular complexity index is 2670. The third kappa shape index (κ3) is 10.0. The summed E-state index contributed by atoms with van der Waals surface area (Å²) in [7, 11) is 5.70. The lowest BCUT2D eigenvalue weighted by molar-refractivity contribution is 0.0696. The molecule has 0 amide bonds. The molecule has 0 saturated carbocycles. The van der Waals surface area contributed by atoms with Crippen LogP contribution in [0.15, 0.2) is 61.6 Å². The molecule has 57 heavy (non-hydrogen) atoms. The van der Waals surface area contributed by atoms with Crippen molar-refractivity contribution in [1.29, 1.82) is 0 Å². The zero-order valence-corrected chi connectivity index (χ0v) is 32.7. The standard InChI is InChI=1S/C17H17ClFN5O4.C13H14FN3O4.C4H5ClN2O/c1-4-12-20-23(17(27)24(12)28-3)8-9-5-10(7-11(19)6-9)14(25)13-15(18)21-22(2)16(13)26;1-3-11-15-16(13(20)17(11)21-2)7-8-4-9(12(18)19)6-10(14)5-8;1-7-4(8)2-3(5)6-7/h5-7,21H,4,8H2,1-3H3;4-6H,3,7H2,1-2H3,(H,18,19);2,6H,1H3. The number of aromatic carboxylic acids is 1. The van der Waals surface area contributed by atoms with E-state index in [-0.39, 0.29) is 40.5 Å². The first-order valence-corrected chi connectivity index (χ1v) is 17.4. The molecule has 0 fully saturated rings. The van der Waals surface area contributed by atoms with E-state index in [0.29, 0.717) is 40.8 Å². The number of hydrogen-bond acceptors (Lipinski definition) is 10. The summed E-state index contributed by atoms with van der Waals surface area (Å²) in [4.78, 5) is 80.4. The average molecular weight is 838 g/mol. The van der Waals surface area contributed by atoms with Crippen LogP contribution in [0.3, 0.4) is 0 Å². The Balaban J connectivity index is 0.000000217. The number of carbonyl (C=O) groups excluding carboxylic acids is 1. The Morgan fingerprint density at radius 2 is 1.21 bits per heavy atom. The molecule has 0 saturated heterocycles. The number of benzene rings is 2. The van der Waals surface area contributed by atoms with Gasteiger partial charge in [0.1, 0.15) is 41.7 Å². The number of ketones is 1. The van der Waals surface area contributed by atoms with E-state index in [0.717, 1.165) is 41.7 Å². The van der Waals surface area contributed by atoms with Gasteiger partial charge in [0.05, 0.1) is 18.7 Å². The van der Waals surface area contributed by atoms with Crippen molar-refractivity contribution in [1.82, 2.24) is 48.6 Å². The van der Waals surface area contributed by atoms with Crippen molar-refractivity contribution in [3.8, 4) is 0 Å². The lowest BCUT2D eigenvalue weighted by Gasteiger charge is -2.05. The first kappa shape index (κ1) is 43.3. The summed E-state index contributed by atoms with van der Waals surface area (Å²) >= 11 is 11.3. The van der Waals surface area contributed by atoms with Crippen molar-refractivity contribution in [2.24, 2.45) is 14.1 Å². The number of carboxylic acids is 1. The molecule has 0 spiro atoms. The molecule has 0 atom stereocenters. The molecule has 0 unspecified atom stereocenters. The van der Waals surface area contributed by atoms with Gasteiger partial charge < -0.3 is 14.8 Å². The second kappa shape index (κ2) is 18.4. The molecule has 304 valence electrons. The number of aromatic amines is 2. The normalized spacial score (nSPS) is 10.7. The molecule has 0 aliphatic carbocycles. The number of aromatic nitrogens is 10. The van der Waals surface area contributed by atoms with Gasteiger partial charge in [-0.1, -0.05) is 37.0 Å². The first-order chi connectivity index (χ1) is 26.9. The van der Waals surface area contributed by atoms with Crippen LogP contribution < -0.4 is 32.2 Å². The number of nitrogens with zero attached hydrogens (tertiary/aromatic N) is 8. The van der Waals surface area contributed by atoms with Crippen LogP contribution in [-0.4, -0.2) is 79.7 Å².